The number of nitrogens with two attached hydrogens (primary N) is 1. The topological polar surface area (TPSA) is 117 Å². The third kappa shape index (κ3) is 5.17. The fourth-order valence-corrected chi connectivity index (χ4v) is 2.54. The van der Waals surface area contributed by atoms with Crippen molar-refractivity contribution in [1.82, 2.24) is 5.43 Å². The van der Waals surface area contributed by atoms with Gasteiger partial charge in [-0.3, -0.25) is 4.79 Å². The fourth-order valence-electron chi connectivity index (χ4n) is 2.22. The predicted octanol–water partition coefficient (Wildman–Crippen LogP) is 3.12. The molecule has 1 amide bonds. The highest BCUT2D eigenvalue weighted by Crippen LogP contribution is 2.29. The molecule has 0 saturated carbocycles. The average molecular weight is 373 g/mol. The number of carbonyl (C=O) groups is 2. The summed E-state index contributed by atoms with van der Waals surface area (Å²) in [4.78, 5) is 27.1. The molecule has 0 aliphatic carbocycles. The SMILES string of the molecule is Cc1cc(C=CC(=O)O)cc(Cl)c1NC(=O)c1cccc(N=CNN)c1. The molecular formula is C18H17ClN4O3. The standard InChI is InChI=1S/C18H17ClN4O3/c1-11-7-12(5-6-16(24)25)8-15(19)17(11)23-18(26)13-3-2-4-14(9-13)21-10-22-20/h2-10H,20H2,1H3,(H,21,22)(H,23,26)(H,24,25). The summed E-state index contributed by atoms with van der Waals surface area (Å²) < 4.78 is 0. The quantitative estimate of drug-likeness (QED) is 0.204. The Morgan fingerprint density at radius 2 is 2.04 bits per heavy atom. The number of nitrogens with one attached hydrogen (secondary N) is 2. The number of carboxylic acid groups (broad SMARTS) is 1. The van der Waals surface area contributed by atoms with Crippen molar-refractivity contribution in [1.29, 1.82) is 0 Å². The molecule has 0 radical (unpaired) electrons. The number of amides is 1. The Kier molecular flexibility index (Phi) is 6.48. The number of aliphatic carboxylic acids is 1. The highest BCUT2D eigenvalue weighted by molar-refractivity contribution is 6.34. The van der Waals surface area contributed by atoms with Gasteiger partial charge in [-0.05, 0) is 54.5 Å². The Bertz CT molecular complexity index is 871. The molecule has 0 bridgehead atoms. The zero-order valence-electron chi connectivity index (χ0n) is 13.9. The van der Waals surface area contributed by atoms with Crippen molar-refractivity contribution in [3.05, 3.63) is 64.2 Å². The van der Waals surface area contributed by atoms with Crippen LogP contribution in [0.4, 0.5) is 11.4 Å². The number of nitrogens with zero attached hydrogens (tertiary/aromatic N) is 1. The Labute approximate surface area is 155 Å². The molecular weight excluding hydrogens is 356 g/mol. The second-order valence-corrected chi connectivity index (χ2v) is 5.70. The molecule has 2 aromatic carbocycles. The van der Waals surface area contributed by atoms with Crippen LogP contribution in [-0.4, -0.2) is 23.3 Å². The lowest BCUT2D eigenvalue weighted by Gasteiger charge is -2.12. The monoisotopic (exact) mass is 372 g/mol. The summed E-state index contributed by atoms with van der Waals surface area (Å²) in [5, 5.41) is 11.8. The van der Waals surface area contributed by atoms with Gasteiger partial charge in [-0.1, -0.05) is 17.7 Å². The third-order valence-corrected chi connectivity index (χ3v) is 3.66. The van der Waals surface area contributed by atoms with E-state index in [-0.39, 0.29) is 5.91 Å². The van der Waals surface area contributed by atoms with E-state index in [0.717, 1.165) is 6.08 Å². The minimum absolute atomic E-state index is 0.310. The maximum atomic E-state index is 12.5. The van der Waals surface area contributed by atoms with Gasteiger partial charge in [-0.2, -0.15) is 0 Å². The van der Waals surface area contributed by atoms with Gasteiger partial charge < -0.3 is 15.8 Å². The summed E-state index contributed by atoms with van der Waals surface area (Å²) >= 11 is 6.24. The number of aliphatic imine (C=N–C) groups is 1. The number of hydrazine groups is 1. The van der Waals surface area contributed by atoms with Crippen molar-refractivity contribution in [2.75, 3.05) is 5.32 Å². The van der Waals surface area contributed by atoms with Crippen LogP contribution in [0.1, 0.15) is 21.5 Å². The van der Waals surface area contributed by atoms with Crippen LogP contribution in [0.15, 0.2) is 47.5 Å². The summed E-state index contributed by atoms with van der Waals surface area (Å²) in [7, 11) is 0. The average Bonchev–Trinajstić information content (AvgIpc) is 2.61. The summed E-state index contributed by atoms with van der Waals surface area (Å²) in [5.41, 5.74) is 5.05. The maximum absolute atomic E-state index is 12.5. The van der Waals surface area contributed by atoms with Gasteiger partial charge in [0.1, 0.15) is 6.34 Å². The molecule has 0 unspecified atom stereocenters. The van der Waals surface area contributed by atoms with E-state index in [1.165, 1.54) is 12.4 Å². The van der Waals surface area contributed by atoms with Gasteiger partial charge in [0.2, 0.25) is 0 Å². The number of hydrogen-bond acceptors (Lipinski definition) is 4. The molecule has 0 heterocycles. The first-order valence-electron chi connectivity index (χ1n) is 7.52. The van der Waals surface area contributed by atoms with Crippen LogP contribution in [0, 0.1) is 6.92 Å². The molecule has 2 aromatic rings. The van der Waals surface area contributed by atoms with Gasteiger partial charge in [0.05, 0.1) is 16.4 Å². The van der Waals surface area contributed by atoms with Crippen LogP contribution in [0.3, 0.4) is 0 Å². The maximum Gasteiger partial charge on any atom is 0.328 e. The molecule has 0 fully saturated rings. The lowest BCUT2D eigenvalue weighted by atomic mass is 10.1. The van der Waals surface area contributed by atoms with E-state index in [1.54, 1.807) is 43.3 Å². The molecule has 2 rings (SSSR count). The lowest BCUT2D eigenvalue weighted by Crippen LogP contribution is -2.18. The zero-order valence-corrected chi connectivity index (χ0v) is 14.6. The van der Waals surface area contributed by atoms with E-state index in [9.17, 15) is 9.59 Å². The molecule has 26 heavy (non-hydrogen) atoms. The highest BCUT2D eigenvalue weighted by Gasteiger charge is 2.12. The predicted molar refractivity (Wildman–Crippen MR) is 103 cm³/mol. The van der Waals surface area contributed by atoms with Crippen LogP contribution in [0.25, 0.3) is 6.08 Å². The molecule has 0 aliphatic heterocycles. The van der Waals surface area contributed by atoms with Crippen LogP contribution >= 0.6 is 11.6 Å². The van der Waals surface area contributed by atoms with Crippen LogP contribution in [0.2, 0.25) is 5.02 Å². The van der Waals surface area contributed by atoms with E-state index in [2.05, 4.69) is 15.7 Å². The van der Waals surface area contributed by atoms with Gasteiger partial charge in [0.15, 0.2) is 0 Å². The first kappa shape index (κ1) is 19.2. The van der Waals surface area contributed by atoms with Gasteiger partial charge in [-0.25, -0.2) is 15.6 Å². The van der Waals surface area contributed by atoms with Gasteiger partial charge in [0, 0.05) is 11.6 Å². The first-order chi connectivity index (χ1) is 12.4. The minimum atomic E-state index is -1.05. The van der Waals surface area contributed by atoms with Gasteiger partial charge in [-0.15, -0.1) is 0 Å². The van der Waals surface area contributed by atoms with Crippen molar-refractivity contribution in [2.24, 2.45) is 10.8 Å². The Morgan fingerprint density at radius 3 is 2.69 bits per heavy atom. The van der Waals surface area contributed by atoms with Crippen molar-refractivity contribution >= 4 is 47.3 Å². The molecule has 0 spiro atoms. The number of carbonyl (C=O) groups excluding carboxylic acids is 1. The summed E-state index contributed by atoms with van der Waals surface area (Å²) in [5.74, 6) is 3.73. The van der Waals surface area contributed by atoms with E-state index >= 15 is 0 Å². The third-order valence-electron chi connectivity index (χ3n) is 3.36. The fraction of sp³-hybridized carbons (Fsp3) is 0.0556. The largest absolute Gasteiger partial charge is 0.478 e. The van der Waals surface area contributed by atoms with Crippen LogP contribution in [0.5, 0.6) is 0 Å². The van der Waals surface area contributed by atoms with E-state index in [0.29, 0.717) is 33.1 Å². The molecule has 0 saturated heterocycles. The second-order valence-electron chi connectivity index (χ2n) is 5.30. The Morgan fingerprint density at radius 1 is 1.27 bits per heavy atom. The molecule has 0 aliphatic rings. The van der Waals surface area contributed by atoms with Gasteiger partial charge >= 0.3 is 5.97 Å². The van der Waals surface area contributed by atoms with Crippen molar-refractivity contribution in [3.63, 3.8) is 0 Å². The number of aryl methyl sites for hydroxylation is 1. The van der Waals surface area contributed by atoms with Crippen LogP contribution in [-0.2, 0) is 4.79 Å². The lowest BCUT2D eigenvalue weighted by molar-refractivity contribution is -0.131. The highest BCUT2D eigenvalue weighted by atomic mass is 35.5. The second kappa shape index (κ2) is 8.80. The number of rotatable bonds is 6. The van der Waals surface area contributed by atoms with Gasteiger partial charge in [0.25, 0.3) is 5.91 Å². The molecule has 5 N–H and O–H groups in total. The molecule has 7 nitrogen and oxygen atoms in total. The zero-order chi connectivity index (χ0) is 19.1. The summed E-state index contributed by atoms with van der Waals surface area (Å²) in [6.07, 6.45) is 3.76. The minimum Gasteiger partial charge on any atom is -0.478 e. The Hall–Kier alpha value is -3.16. The smallest absolute Gasteiger partial charge is 0.328 e. The van der Waals surface area contributed by atoms with Crippen molar-refractivity contribution in [3.8, 4) is 0 Å². The number of hydrogen-bond donors (Lipinski definition) is 4. The summed E-state index contributed by atoms with van der Waals surface area (Å²) in [6.45, 7) is 1.77. The van der Waals surface area contributed by atoms with E-state index in [4.69, 9.17) is 22.6 Å². The Balaban J connectivity index is 2.24. The van der Waals surface area contributed by atoms with Crippen molar-refractivity contribution in [2.45, 2.75) is 6.92 Å². The van der Waals surface area contributed by atoms with E-state index in [1.807, 2.05) is 0 Å². The van der Waals surface area contributed by atoms with E-state index < -0.39 is 5.97 Å². The van der Waals surface area contributed by atoms with Crippen molar-refractivity contribution < 1.29 is 14.7 Å². The first-order valence-corrected chi connectivity index (χ1v) is 7.89. The molecule has 0 aromatic heterocycles. The summed E-state index contributed by atoms with van der Waals surface area (Å²) in [6, 6.07) is 10.00. The molecule has 0 atom stereocenters. The molecule has 134 valence electrons. The molecule has 8 heteroatoms. The van der Waals surface area contributed by atoms with Crippen LogP contribution < -0.4 is 16.6 Å². The number of anilines is 1. The number of benzene rings is 2. The number of halogens is 1. The normalized spacial score (nSPS) is 11.0. The number of carboxylic acids is 1.